The van der Waals surface area contributed by atoms with Gasteiger partial charge in [-0.3, -0.25) is 10.1 Å². The van der Waals surface area contributed by atoms with Gasteiger partial charge in [0.2, 0.25) is 10.4 Å². The number of aliphatic hydroxyl groups is 1. The molecule has 0 unspecified atom stereocenters. The zero-order valence-electron chi connectivity index (χ0n) is 38.5. The normalized spacial score (nSPS) is 12.8. The van der Waals surface area contributed by atoms with Crippen molar-refractivity contribution in [3.05, 3.63) is 59.6 Å². The van der Waals surface area contributed by atoms with Crippen LogP contribution >= 0.6 is 0 Å². The van der Waals surface area contributed by atoms with Gasteiger partial charge in [0.05, 0.1) is 58.5 Å². The number of terminal acetylenes is 1. The first kappa shape index (κ1) is 53.1. The number of anilines is 2. The summed E-state index contributed by atoms with van der Waals surface area (Å²) in [7, 11) is 0. The first-order chi connectivity index (χ1) is 36.4. The Labute approximate surface area is 437 Å². The maximum atomic E-state index is 13.4. The Bertz CT molecular complexity index is 3680. The number of pyridine rings is 1. The molecular formula is C50H52N18O6. The molecule has 24 nitrogen and oxygen atoms in total. The number of fused-ring (bicyclic) bond motifs is 3. The lowest BCUT2D eigenvalue weighted by Gasteiger charge is -2.22. The molecule has 1 amide bonds. The molecule has 2 aliphatic heterocycles. The van der Waals surface area contributed by atoms with Gasteiger partial charge in [-0.05, 0) is 155 Å². The molecule has 2 fully saturated rings. The lowest BCUT2D eigenvalue weighted by Crippen LogP contribution is -2.24. The van der Waals surface area contributed by atoms with Crippen molar-refractivity contribution in [2.24, 2.45) is 42.4 Å². The number of amides is 1. The average Bonchev–Trinajstić information content (AvgIpc) is 3.76. The van der Waals surface area contributed by atoms with Crippen molar-refractivity contribution >= 4 is 17.3 Å². The third-order valence-electron chi connectivity index (χ3n) is 8.90. The number of aromatic nitrogens is 7. The van der Waals surface area contributed by atoms with Crippen LogP contribution in [0.5, 0.6) is 5.75 Å². The summed E-state index contributed by atoms with van der Waals surface area (Å²) in [5.41, 5.74) is 4.21. The summed E-state index contributed by atoms with van der Waals surface area (Å²) in [6.45, 7) is 3.83. The molecule has 4 aromatic rings. The second-order valence-corrected chi connectivity index (χ2v) is 13.6. The first-order valence-electron chi connectivity index (χ1n) is 20.9. The van der Waals surface area contributed by atoms with E-state index in [1.54, 1.807) is 36.3 Å². The number of rotatable bonds is 9. The van der Waals surface area contributed by atoms with Gasteiger partial charge in [0.25, 0.3) is 5.91 Å². The minimum atomic E-state index is -0.622. The summed E-state index contributed by atoms with van der Waals surface area (Å²) in [5, 5.41) is 60.9. The van der Waals surface area contributed by atoms with Crippen LogP contribution in [0.1, 0.15) is 62.6 Å². The first-order valence-corrected chi connectivity index (χ1v) is 20.9. The van der Waals surface area contributed by atoms with Crippen LogP contribution < -0.4 is 20.8 Å². The van der Waals surface area contributed by atoms with Crippen molar-refractivity contribution in [1.29, 1.82) is 0 Å². The number of imidazole rings is 1. The van der Waals surface area contributed by atoms with E-state index in [1.807, 2.05) is 22.9 Å². The van der Waals surface area contributed by atoms with Crippen LogP contribution in [0, 0.1) is 148 Å². The number of nitrogens with two attached hydrogens (primary N) is 1. The molecule has 1 saturated carbocycles. The highest BCUT2D eigenvalue weighted by molar-refractivity contribution is 6.05. The van der Waals surface area contributed by atoms with Crippen molar-refractivity contribution < 1.29 is 44.2 Å². The van der Waals surface area contributed by atoms with Crippen LogP contribution in [0.2, 0.25) is 0 Å². The zero-order valence-corrected chi connectivity index (χ0v) is 38.5. The number of nitrogens with one attached hydrogen (secondary N) is 1. The van der Waals surface area contributed by atoms with E-state index in [9.17, 15) is 15.1 Å². The van der Waals surface area contributed by atoms with Gasteiger partial charge >= 0.3 is 0 Å². The van der Waals surface area contributed by atoms with E-state index in [0.717, 1.165) is 36.5 Å². The van der Waals surface area contributed by atoms with Crippen molar-refractivity contribution in [1.82, 2.24) is 34.7 Å². The summed E-state index contributed by atoms with van der Waals surface area (Å²) in [6.07, 6.45) is 13.1. The van der Waals surface area contributed by atoms with Crippen LogP contribution in [0.4, 0.5) is 11.4 Å². The molecule has 1 aliphatic carbocycles. The number of hydrogen-bond acceptors (Lipinski definition) is 13. The molecule has 24 heteroatoms. The lowest BCUT2D eigenvalue weighted by molar-refractivity contribution is -0.873. The molecule has 0 bridgehead atoms. The predicted molar refractivity (Wildman–Crippen MR) is 283 cm³/mol. The largest absolute Gasteiger partial charge is 0.489 e. The van der Waals surface area contributed by atoms with Gasteiger partial charge in [-0.25, -0.2) is 14.6 Å². The highest BCUT2D eigenvalue weighted by Gasteiger charge is 2.28. The van der Waals surface area contributed by atoms with Crippen LogP contribution in [0.3, 0.4) is 0 Å². The second-order valence-electron chi connectivity index (χ2n) is 13.6. The predicted octanol–water partition coefficient (Wildman–Crippen LogP) is 5.48. The third kappa shape index (κ3) is 18.0. The van der Waals surface area contributed by atoms with E-state index < -0.39 is 5.02 Å². The van der Waals surface area contributed by atoms with Crippen LogP contribution in [-0.2, 0) is 11.5 Å². The summed E-state index contributed by atoms with van der Waals surface area (Å²) >= 11 is 0. The third-order valence-corrected chi connectivity index (χ3v) is 8.90. The number of carbonyl (C=O) groups is 1. The summed E-state index contributed by atoms with van der Waals surface area (Å²) < 4.78 is 9.60. The quantitative estimate of drug-likeness (QED) is 0.0532. The standard InChI is InChI=1S/C25H25N9O3.C25H4.H3N9O3.10H2/c35-16-6-7-32(12-16)22-11-26-19(10-21(22)33-13-20(27-14-33)15-4-5-15)25(36)28-18-3-1-2-17-23(18)37-9-8-34-24(17)29-30-31-34;1-3-5-7-9-11-13-15-17-19-21-23-25-24-22-20-18-16-14-12-10-8-6-4-2;1-2-3-4-5-6-7-8-9(10)12-11;;;;;;;;;;/h1-3,10-11,13-16,35H,4-9,12H2,(H,28,36);1H,2H3;11H,(H2,1,3,5,7);10*1H/t16-;;;;;;;;;;;;/m0............/s1. The van der Waals surface area contributed by atoms with E-state index in [0.29, 0.717) is 54.9 Å². The number of nitrogens with zero attached hydrogens (tertiary/aromatic N) is 16. The van der Waals surface area contributed by atoms with Gasteiger partial charge in [0.1, 0.15) is 17.5 Å². The molecule has 1 aromatic carbocycles. The van der Waals surface area contributed by atoms with Gasteiger partial charge in [0, 0.05) is 85.4 Å². The van der Waals surface area contributed by atoms with Crippen molar-refractivity contribution in [2.75, 3.05) is 29.9 Å². The van der Waals surface area contributed by atoms with Gasteiger partial charge in [-0.2, -0.15) is 0 Å². The number of hydrogen-bond donors (Lipinski definition) is 4. The summed E-state index contributed by atoms with van der Waals surface area (Å²) in [4.78, 5) is 27.6. The molecule has 1 saturated heterocycles. The minimum absolute atomic E-state index is 0. The zero-order chi connectivity index (χ0) is 52.4. The Morgan fingerprint density at radius 2 is 1.49 bits per heavy atom. The molecule has 1 atom stereocenters. The Balaban J connectivity index is -0.000000288. The summed E-state index contributed by atoms with van der Waals surface area (Å²) in [5.74, 6) is 62.7. The fourth-order valence-corrected chi connectivity index (χ4v) is 5.80. The van der Waals surface area contributed by atoms with Gasteiger partial charge in [-0.1, -0.05) is 17.2 Å². The number of aliphatic hydroxyl groups excluding tert-OH is 1. The minimum Gasteiger partial charge on any atom is -0.489 e. The maximum absolute atomic E-state index is 13.4. The molecule has 3 aliphatic rings. The Kier molecular flexibility index (Phi) is 21.9. The maximum Gasteiger partial charge on any atom is 0.274 e. The summed E-state index contributed by atoms with van der Waals surface area (Å²) in [6, 6.07) is 7.25. The number of benzene rings is 1. The highest BCUT2D eigenvalue weighted by atomic mass is 17.2. The van der Waals surface area contributed by atoms with E-state index in [-0.39, 0.29) is 32.0 Å². The fourth-order valence-electron chi connectivity index (χ4n) is 5.80. The average molecular weight is 1000 g/mol. The SMILES string of the molecule is C#CC#CC#CC#CC#CC#CC#CC#CC#CC#CC#CC#CC.NN=NN=NN=NN=[N+]([O-])OO.O=C(Nc1cccc2c1OCCn1nnnc1-2)c1cc(-n2cnc(C3CC3)c2)c(N2CC[C@H](O)C2)cn1.[HH].[HH].[HH].[HH].[HH].[HH].[HH].[HH].[HH].[HH]. The Morgan fingerprint density at radius 3 is 2.07 bits per heavy atom. The van der Waals surface area contributed by atoms with Crippen molar-refractivity contribution in [3.63, 3.8) is 0 Å². The van der Waals surface area contributed by atoms with Gasteiger partial charge in [0.15, 0.2) is 11.6 Å². The number of β-amino-alcohol motifs (C(OH)–C–C–N with tert-alkyl or cyclic N) is 1. The van der Waals surface area contributed by atoms with Crippen molar-refractivity contribution in [3.8, 4) is 165 Å². The number of tetrazole rings is 1. The Morgan fingerprint density at radius 1 is 0.865 bits per heavy atom. The molecule has 74 heavy (non-hydrogen) atoms. The smallest absolute Gasteiger partial charge is 0.274 e. The van der Waals surface area contributed by atoms with Gasteiger partial charge in [-0.15, -0.1) is 11.5 Å². The molecule has 378 valence electrons. The Hall–Kier alpha value is -11.8. The molecule has 0 radical (unpaired) electrons. The molecule has 0 spiro atoms. The molecular weight excluding hydrogens is 949 g/mol. The number of carbonyl (C=O) groups excluding carboxylic acids is 1. The van der Waals surface area contributed by atoms with E-state index in [4.69, 9.17) is 16.4 Å². The van der Waals surface area contributed by atoms with E-state index in [2.05, 4.69) is 219 Å². The van der Waals surface area contributed by atoms with E-state index in [1.165, 1.54) is 0 Å². The molecule has 7 rings (SSSR count). The molecule has 5 heterocycles. The van der Waals surface area contributed by atoms with E-state index >= 15 is 0 Å². The highest BCUT2D eigenvalue weighted by Crippen LogP contribution is 2.40. The molecule has 5 N–H and O–H groups in total. The monoisotopic (exact) mass is 1000 g/mol. The number of para-hydroxylation sites is 1. The van der Waals surface area contributed by atoms with Crippen LogP contribution in [0.15, 0.2) is 79.5 Å². The van der Waals surface area contributed by atoms with Crippen molar-refractivity contribution in [2.45, 2.75) is 44.8 Å². The fraction of sp³-hybridized carbons (Fsp3) is 0.200. The lowest BCUT2D eigenvalue weighted by atomic mass is 10.1. The van der Waals surface area contributed by atoms with Crippen LogP contribution in [0.25, 0.3) is 17.1 Å². The van der Waals surface area contributed by atoms with Crippen LogP contribution in [-0.4, -0.2) is 81.8 Å². The second kappa shape index (κ2) is 30.5. The molecule has 3 aromatic heterocycles. The topological polar surface area (TPSA) is 304 Å². The van der Waals surface area contributed by atoms with Gasteiger partial charge < -0.3 is 40.7 Å². The number of ether oxygens (including phenoxy) is 1.